The fraction of sp³-hybridized carbons (Fsp3) is 0.579. The molecule has 2 atom stereocenters. The van der Waals surface area contributed by atoms with Crippen LogP contribution in [0.15, 0.2) is 30.3 Å². The summed E-state index contributed by atoms with van der Waals surface area (Å²) in [7, 11) is 0. The zero-order valence-corrected chi connectivity index (χ0v) is 14.7. The average Bonchev–Trinajstić information content (AvgIpc) is 2.64. The summed E-state index contributed by atoms with van der Waals surface area (Å²) in [6, 6.07) is 9.73. The summed E-state index contributed by atoms with van der Waals surface area (Å²) in [4.78, 5) is 26.2. The number of hydrogen-bond acceptors (Lipinski definition) is 4. The molecule has 136 valence electrons. The number of likely N-dealkylation sites (tertiary alicyclic amines) is 1. The Morgan fingerprint density at radius 3 is 2.52 bits per heavy atom. The number of nitrogens with one attached hydrogen (secondary N) is 2. The number of benzene rings is 1. The molecule has 0 aliphatic carbocycles. The number of piperidine rings is 2. The highest BCUT2D eigenvalue weighted by Crippen LogP contribution is 2.32. The normalized spacial score (nSPS) is 27.8. The molecule has 2 saturated heterocycles. The first-order chi connectivity index (χ1) is 12.0. The summed E-state index contributed by atoms with van der Waals surface area (Å²) in [5, 5.41) is 17.1. The van der Waals surface area contributed by atoms with Gasteiger partial charge in [0, 0.05) is 32.5 Å². The van der Waals surface area contributed by atoms with Gasteiger partial charge in [-0.2, -0.15) is 0 Å². The van der Waals surface area contributed by atoms with Crippen molar-refractivity contribution in [2.24, 2.45) is 5.92 Å². The monoisotopic (exact) mass is 345 g/mol. The Labute approximate surface area is 148 Å². The number of β-amino-alcohol motifs (C(OH)–C–C–N with tert-alkyl or cyclic N) is 1. The molecular formula is C19H27N3O3. The van der Waals surface area contributed by atoms with Crippen molar-refractivity contribution < 1.29 is 14.7 Å². The molecule has 2 aliphatic heterocycles. The lowest BCUT2D eigenvalue weighted by atomic mass is 9.78. The van der Waals surface area contributed by atoms with Crippen LogP contribution in [0.25, 0.3) is 0 Å². The summed E-state index contributed by atoms with van der Waals surface area (Å²) in [5.74, 6) is -0.0698. The zero-order valence-electron chi connectivity index (χ0n) is 14.7. The van der Waals surface area contributed by atoms with Crippen LogP contribution in [-0.2, 0) is 15.1 Å². The lowest BCUT2D eigenvalue weighted by Gasteiger charge is -2.44. The Morgan fingerprint density at radius 2 is 1.92 bits per heavy atom. The zero-order chi connectivity index (χ0) is 17.9. The van der Waals surface area contributed by atoms with Crippen LogP contribution in [0, 0.1) is 5.92 Å². The molecule has 2 heterocycles. The third kappa shape index (κ3) is 3.70. The summed E-state index contributed by atoms with van der Waals surface area (Å²) >= 11 is 0. The van der Waals surface area contributed by atoms with Crippen LogP contribution in [0.5, 0.6) is 0 Å². The van der Waals surface area contributed by atoms with Crippen molar-refractivity contribution in [2.75, 3.05) is 26.2 Å². The van der Waals surface area contributed by atoms with E-state index in [2.05, 4.69) is 10.6 Å². The number of nitrogens with zero attached hydrogens (tertiary/aromatic N) is 1. The highest BCUT2D eigenvalue weighted by atomic mass is 16.3. The topological polar surface area (TPSA) is 81.7 Å². The molecule has 3 N–H and O–H groups in total. The van der Waals surface area contributed by atoms with Crippen LogP contribution in [0.2, 0.25) is 0 Å². The summed E-state index contributed by atoms with van der Waals surface area (Å²) < 4.78 is 0. The van der Waals surface area contributed by atoms with Gasteiger partial charge < -0.3 is 20.6 Å². The van der Waals surface area contributed by atoms with Gasteiger partial charge in [-0.25, -0.2) is 0 Å². The fourth-order valence-corrected chi connectivity index (χ4v) is 3.93. The van der Waals surface area contributed by atoms with Crippen molar-refractivity contribution in [1.29, 1.82) is 0 Å². The van der Waals surface area contributed by atoms with Gasteiger partial charge in [0.05, 0.1) is 11.6 Å². The maximum atomic E-state index is 12.9. The standard InChI is InChI=1S/C19H27N3O3/c1-14(23)22-11-7-15(8-12-22)18(25)21-19(9-10-20-13-17(19)24)16-5-3-2-4-6-16/h2-6,15,17,20,24H,7-13H2,1H3,(H,21,25)/t17-,19+/m1/s1. The van der Waals surface area contributed by atoms with Crippen LogP contribution in [0.3, 0.4) is 0 Å². The van der Waals surface area contributed by atoms with Crippen LogP contribution >= 0.6 is 0 Å². The number of aliphatic hydroxyl groups is 1. The van der Waals surface area contributed by atoms with Gasteiger partial charge in [-0.3, -0.25) is 9.59 Å². The van der Waals surface area contributed by atoms with Gasteiger partial charge in [0.15, 0.2) is 0 Å². The van der Waals surface area contributed by atoms with Crippen molar-refractivity contribution >= 4 is 11.8 Å². The lowest BCUT2D eigenvalue weighted by Crippen LogP contribution is -2.62. The molecule has 0 radical (unpaired) electrons. The first-order valence-corrected chi connectivity index (χ1v) is 9.05. The average molecular weight is 345 g/mol. The van der Waals surface area contributed by atoms with E-state index < -0.39 is 11.6 Å². The Bertz CT molecular complexity index is 614. The van der Waals surface area contributed by atoms with Crippen molar-refractivity contribution in [1.82, 2.24) is 15.5 Å². The molecule has 1 aromatic carbocycles. The van der Waals surface area contributed by atoms with Gasteiger partial charge in [-0.1, -0.05) is 30.3 Å². The van der Waals surface area contributed by atoms with Crippen molar-refractivity contribution in [3.63, 3.8) is 0 Å². The van der Waals surface area contributed by atoms with Crippen molar-refractivity contribution in [3.8, 4) is 0 Å². The second-order valence-corrected chi connectivity index (χ2v) is 7.08. The van der Waals surface area contributed by atoms with Crippen LogP contribution < -0.4 is 10.6 Å². The number of hydrogen-bond donors (Lipinski definition) is 3. The number of carbonyl (C=O) groups excluding carboxylic acids is 2. The van der Waals surface area contributed by atoms with Gasteiger partial charge in [0.2, 0.25) is 11.8 Å². The largest absolute Gasteiger partial charge is 0.389 e. The number of rotatable bonds is 3. The molecule has 0 spiro atoms. The predicted octanol–water partition coefficient (Wildman–Crippen LogP) is 0.611. The van der Waals surface area contributed by atoms with Crippen LogP contribution in [0.4, 0.5) is 0 Å². The van der Waals surface area contributed by atoms with E-state index in [1.165, 1.54) is 0 Å². The van der Waals surface area contributed by atoms with Gasteiger partial charge >= 0.3 is 0 Å². The first-order valence-electron chi connectivity index (χ1n) is 9.05. The van der Waals surface area contributed by atoms with Crippen molar-refractivity contribution in [3.05, 3.63) is 35.9 Å². The predicted molar refractivity (Wildman–Crippen MR) is 94.7 cm³/mol. The highest BCUT2D eigenvalue weighted by molar-refractivity contribution is 5.80. The smallest absolute Gasteiger partial charge is 0.224 e. The molecule has 0 bridgehead atoms. The third-order valence-corrected chi connectivity index (χ3v) is 5.55. The van der Waals surface area contributed by atoms with E-state index >= 15 is 0 Å². The summed E-state index contributed by atoms with van der Waals surface area (Å²) in [6.45, 7) is 4.01. The second kappa shape index (κ2) is 7.54. The van der Waals surface area contributed by atoms with E-state index in [4.69, 9.17) is 0 Å². The van der Waals surface area contributed by atoms with E-state index in [9.17, 15) is 14.7 Å². The van der Waals surface area contributed by atoms with Gasteiger partial charge in [-0.15, -0.1) is 0 Å². The maximum Gasteiger partial charge on any atom is 0.224 e. The quantitative estimate of drug-likeness (QED) is 0.750. The minimum absolute atomic E-state index is 0.0204. The highest BCUT2D eigenvalue weighted by Gasteiger charge is 2.44. The third-order valence-electron chi connectivity index (χ3n) is 5.55. The van der Waals surface area contributed by atoms with E-state index in [0.717, 1.165) is 12.1 Å². The minimum atomic E-state index is -0.749. The number of carbonyl (C=O) groups is 2. The summed E-state index contributed by atoms with van der Waals surface area (Å²) in [5.41, 5.74) is 0.194. The van der Waals surface area contributed by atoms with Crippen molar-refractivity contribution in [2.45, 2.75) is 37.8 Å². The minimum Gasteiger partial charge on any atom is -0.389 e. The molecule has 1 aromatic rings. The SMILES string of the molecule is CC(=O)N1CCC(C(=O)N[C@]2(c3ccccc3)CCNC[C@H]2O)CC1. The van der Waals surface area contributed by atoms with Gasteiger partial charge in [0.1, 0.15) is 0 Å². The Morgan fingerprint density at radius 1 is 1.24 bits per heavy atom. The lowest BCUT2D eigenvalue weighted by molar-refractivity contribution is -0.136. The molecule has 2 fully saturated rings. The van der Waals surface area contributed by atoms with Crippen LogP contribution in [-0.4, -0.2) is 54.1 Å². The van der Waals surface area contributed by atoms with Crippen LogP contribution in [0.1, 0.15) is 31.7 Å². The molecule has 0 aromatic heterocycles. The first kappa shape index (κ1) is 17.9. The van der Waals surface area contributed by atoms with E-state index in [0.29, 0.717) is 38.9 Å². The Hall–Kier alpha value is -1.92. The van der Waals surface area contributed by atoms with E-state index in [-0.39, 0.29) is 17.7 Å². The Kier molecular flexibility index (Phi) is 5.39. The molecule has 6 heteroatoms. The number of amides is 2. The van der Waals surface area contributed by atoms with E-state index in [1.54, 1.807) is 11.8 Å². The molecule has 6 nitrogen and oxygen atoms in total. The van der Waals surface area contributed by atoms with Gasteiger partial charge in [0.25, 0.3) is 0 Å². The molecule has 25 heavy (non-hydrogen) atoms. The molecule has 0 unspecified atom stereocenters. The second-order valence-electron chi connectivity index (χ2n) is 7.08. The van der Waals surface area contributed by atoms with Gasteiger partial charge in [-0.05, 0) is 31.4 Å². The fourth-order valence-electron chi connectivity index (χ4n) is 3.93. The number of aliphatic hydroxyl groups excluding tert-OH is 1. The summed E-state index contributed by atoms with van der Waals surface area (Å²) in [6.07, 6.45) is 1.32. The molecule has 2 aliphatic rings. The molecule has 2 amide bonds. The molecule has 3 rings (SSSR count). The maximum absolute atomic E-state index is 12.9. The molecular weight excluding hydrogens is 318 g/mol. The molecule has 0 saturated carbocycles. The van der Waals surface area contributed by atoms with E-state index in [1.807, 2.05) is 30.3 Å². The Balaban J connectivity index is 1.75.